The molecule has 7 heteroatoms. The van der Waals surface area contributed by atoms with Gasteiger partial charge >= 0.3 is 0 Å². The highest BCUT2D eigenvalue weighted by atomic mass is 32.2. The second-order valence-corrected chi connectivity index (χ2v) is 8.07. The van der Waals surface area contributed by atoms with E-state index >= 15 is 0 Å². The van der Waals surface area contributed by atoms with Gasteiger partial charge in [0.05, 0.1) is 0 Å². The molecule has 19 heavy (non-hydrogen) atoms. The van der Waals surface area contributed by atoms with Crippen molar-refractivity contribution in [2.75, 3.05) is 12.3 Å². The molecule has 0 aliphatic carbocycles. The van der Waals surface area contributed by atoms with Crippen LogP contribution in [0.3, 0.4) is 0 Å². The summed E-state index contributed by atoms with van der Waals surface area (Å²) in [5.74, 6) is 1.42. The van der Waals surface area contributed by atoms with Crippen molar-refractivity contribution in [1.29, 1.82) is 0 Å². The lowest BCUT2D eigenvalue weighted by atomic mass is 10.2. The fourth-order valence-electron chi connectivity index (χ4n) is 2.23. The molecule has 0 spiro atoms. The van der Waals surface area contributed by atoms with Crippen LogP contribution in [0.2, 0.25) is 0 Å². The Hall–Kier alpha value is -0.500. The molecule has 1 saturated heterocycles. The van der Waals surface area contributed by atoms with Crippen LogP contribution >= 0.6 is 11.8 Å². The van der Waals surface area contributed by atoms with E-state index in [4.69, 9.17) is 9.52 Å². The quantitative estimate of drug-likeness (QED) is 0.918. The summed E-state index contributed by atoms with van der Waals surface area (Å²) in [5, 5.41) is 9.31. The van der Waals surface area contributed by atoms with Gasteiger partial charge in [-0.2, -0.15) is 16.1 Å². The summed E-state index contributed by atoms with van der Waals surface area (Å²) in [5.41, 5.74) is 0. The second-order valence-electron chi connectivity index (χ2n) is 4.72. The maximum absolute atomic E-state index is 12.7. The summed E-state index contributed by atoms with van der Waals surface area (Å²) in [6.07, 6.45) is 0. The molecular weight excluding hydrogens is 286 g/mol. The molecule has 2 atom stereocenters. The van der Waals surface area contributed by atoms with Crippen molar-refractivity contribution >= 4 is 21.8 Å². The van der Waals surface area contributed by atoms with Crippen LogP contribution in [0.5, 0.6) is 0 Å². The van der Waals surface area contributed by atoms with Crippen molar-refractivity contribution in [1.82, 2.24) is 4.31 Å². The number of thioether (sulfide) groups is 1. The standard InChI is InChI=1S/C12H19NO4S2/c1-8-10(3)18-5-4-13(8)19(15,16)12-6-11(7-14)17-9(12)2/h6,8,10,14H,4-5,7H2,1-3H3. The lowest BCUT2D eigenvalue weighted by Crippen LogP contribution is -2.47. The van der Waals surface area contributed by atoms with Gasteiger partial charge in [0.25, 0.3) is 0 Å². The van der Waals surface area contributed by atoms with Crippen molar-refractivity contribution in [3.63, 3.8) is 0 Å². The molecule has 1 aliphatic rings. The van der Waals surface area contributed by atoms with Gasteiger partial charge in [-0.15, -0.1) is 0 Å². The second kappa shape index (κ2) is 5.47. The van der Waals surface area contributed by atoms with E-state index in [0.29, 0.717) is 12.3 Å². The van der Waals surface area contributed by atoms with Crippen LogP contribution in [0.1, 0.15) is 25.4 Å². The molecule has 108 valence electrons. The van der Waals surface area contributed by atoms with Crippen molar-refractivity contribution in [3.8, 4) is 0 Å². The summed E-state index contributed by atoms with van der Waals surface area (Å²) in [7, 11) is -3.55. The Bertz CT molecular complexity index is 552. The van der Waals surface area contributed by atoms with Gasteiger partial charge in [0.1, 0.15) is 23.0 Å². The van der Waals surface area contributed by atoms with Crippen LogP contribution in [0.4, 0.5) is 0 Å². The fraction of sp³-hybridized carbons (Fsp3) is 0.667. The van der Waals surface area contributed by atoms with E-state index in [-0.39, 0.29) is 28.6 Å². The number of hydrogen-bond acceptors (Lipinski definition) is 5. The highest BCUT2D eigenvalue weighted by Gasteiger charge is 2.36. The van der Waals surface area contributed by atoms with E-state index in [1.54, 1.807) is 18.7 Å². The molecule has 1 aromatic heterocycles. The van der Waals surface area contributed by atoms with E-state index in [1.165, 1.54) is 10.4 Å². The molecule has 0 aromatic carbocycles. The van der Waals surface area contributed by atoms with Crippen LogP contribution in [-0.4, -0.2) is 41.4 Å². The summed E-state index contributed by atoms with van der Waals surface area (Å²) in [6, 6.07) is 1.37. The fourth-order valence-corrected chi connectivity index (χ4v) is 5.41. The molecule has 1 aliphatic heterocycles. The number of aliphatic hydroxyl groups excluding tert-OH is 1. The molecule has 2 rings (SSSR count). The van der Waals surface area contributed by atoms with E-state index in [2.05, 4.69) is 0 Å². The Morgan fingerprint density at radius 3 is 2.79 bits per heavy atom. The third kappa shape index (κ3) is 2.69. The molecule has 0 saturated carbocycles. The van der Waals surface area contributed by atoms with Gasteiger partial charge in [-0.1, -0.05) is 6.92 Å². The Balaban J connectivity index is 2.38. The van der Waals surface area contributed by atoms with Crippen LogP contribution < -0.4 is 0 Å². The predicted octanol–water partition coefficient (Wildman–Crippen LogP) is 1.59. The molecule has 0 radical (unpaired) electrons. The molecule has 0 amide bonds. The Kier molecular flexibility index (Phi) is 4.29. The third-order valence-corrected chi connectivity index (χ3v) is 6.92. The number of sulfonamides is 1. The van der Waals surface area contributed by atoms with Crippen molar-refractivity contribution in [2.24, 2.45) is 0 Å². The number of hydrogen-bond donors (Lipinski definition) is 1. The first kappa shape index (κ1) is 14.9. The lowest BCUT2D eigenvalue weighted by Gasteiger charge is -2.36. The zero-order chi connectivity index (χ0) is 14.2. The number of rotatable bonds is 3. The Labute approximate surface area is 118 Å². The average molecular weight is 305 g/mol. The van der Waals surface area contributed by atoms with Crippen LogP contribution in [-0.2, 0) is 16.6 Å². The van der Waals surface area contributed by atoms with E-state index < -0.39 is 10.0 Å². The Morgan fingerprint density at radius 1 is 1.53 bits per heavy atom. The number of aliphatic hydroxyl groups is 1. The van der Waals surface area contributed by atoms with Gasteiger partial charge in [-0.3, -0.25) is 0 Å². The summed E-state index contributed by atoms with van der Waals surface area (Å²) in [6.45, 7) is 5.80. The topological polar surface area (TPSA) is 70.8 Å². The largest absolute Gasteiger partial charge is 0.462 e. The highest BCUT2D eigenvalue weighted by Crippen LogP contribution is 2.31. The lowest BCUT2D eigenvalue weighted by molar-refractivity contribution is 0.244. The molecule has 1 N–H and O–H groups in total. The zero-order valence-electron chi connectivity index (χ0n) is 11.3. The maximum atomic E-state index is 12.7. The molecule has 1 fully saturated rings. The monoisotopic (exact) mass is 305 g/mol. The Morgan fingerprint density at radius 2 is 2.21 bits per heavy atom. The van der Waals surface area contributed by atoms with E-state index in [0.717, 1.165) is 5.75 Å². The number of aryl methyl sites for hydroxylation is 1. The van der Waals surface area contributed by atoms with Crippen molar-refractivity contribution in [3.05, 3.63) is 17.6 Å². The van der Waals surface area contributed by atoms with Gasteiger partial charge in [0.2, 0.25) is 10.0 Å². The number of nitrogens with zero attached hydrogens (tertiary/aromatic N) is 1. The van der Waals surface area contributed by atoms with Crippen molar-refractivity contribution < 1.29 is 17.9 Å². The SMILES string of the molecule is Cc1oc(CO)cc1S(=O)(=O)N1CCSC(C)C1C. The average Bonchev–Trinajstić information content (AvgIpc) is 2.74. The van der Waals surface area contributed by atoms with Crippen molar-refractivity contribution in [2.45, 2.75) is 43.6 Å². The molecule has 5 nitrogen and oxygen atoms in total. The van der Waals surface area contributed by atoms with Gasteiger partial charge in [0.15, 0.2) is 0 Å². The van der Waals surface area contributed by atoms with Crippen LogP contribution in [0.15, 0.2) is 15.4 Å². The number of furan rings is 1. The van der Waals surface area contributed by atoms with Gasteiger partial charge < -0.3 is 9.52 Å². The summed E-state index contributed by atoms with van der Waals surface area (Å²) in [4.78, 5) is 0.169. The van der Waals surface area contributed by atoms with Gasteiger partial charge in [-0.25, -0.2) is 8.42 Å². The van der Waals surface area contributed by atoms with Crippen LogP contribution in [0.25, 0.3) is 0 Å². The summed E-state index contributed by atoms with van der Waals surface area (Å²) < 4.78 is 32.1. The molecule has 0 bridgehead atoms. The summed E-state index contributed by atoms with van der Waals surface area (Å²) >= 11 is 1.79. The third-order valence-electron chi connectivity index (χ3n) is 3.49. The predicted molar refractivity (Wildman–Crippen MR) is 74.6 cm³/mol. The minimum Gasteiger partial charge on any atom is -0.462 e. The minimum absolute atomic E-state index is 0.0457. The first-order valence-corrected chi connectivity index (χ1v) is 8.70. The zero-order valence-corrected chi connectivity index (χ0v) is 12.9. The normalized spacial score (nSPS) is 25.7. The van der Waals surface area contributed by atoms with E-state index in [9.17, 15) is 8.42 Å². The first-order valence-electron chi connectivity index (χ1n) is 6.21. The molecule has 2 unspecified atom stereocenters. The van der Waals surface area contributed by atoms with Crippen LogP contribution in [0, 0.1) is 6.92 Å². The maximum Gasteiger partial charge on any atom is 0.246 e. The molecule has 2 heterocycles. The van der Waals surface area contributed by atoms with Gasteiger partial charge in [0, 0.05) is 29.7 Å². The van der Waals surface area contributed by atoms with E-state index in [1.807, 2.05) is 13.8 Å². The highest BCUT2D eigenvalue weighted by molar-refractivity contribution is 8.00. The van der Waals surface area contributed by atoms with Gasteiger partial charge in [-0.05, 0) is 13.8 Å². The minimum atomic E-state index is -3.55. The smallest absolute Gasteiger partial charge is 0.246 e. The first-order chi connectivity index (χ1) is 8.87. The molecule has 1 aromatic rings. The molecular formula is C12H19NO4S2.